The average molecular weight is 254 g/mol. The van der Waals surface area contributed by atoms with Gasteiger partial charge >= 0.3 is 6.18 Å². The lowest BCUT2D eigenvalue weighted by atomic mass is 9.94. The van der Waals surface area contributed by atoms with Crippen LogP contribution in [-0.2, 0) is 0 Å². The van der Waals surface area contributed by atoms with Crippen molar-refractivity contribution >= 4 is 0 Å². The van der Waals surface area contributed by atoms with Gasteiger partial charge in [0.2, 0.25) is 0 Å². The molecule has 0 aromatic heterocycles. The third-order valence-corrected chi connectivity index (χ3v) is 2.95. The molecule has 0 aliphatic carbocycles. The lowest BCUT2D eigenvalue weighted by Crippen LogP contribution is -2.51. The van der Waals surface area contributed by atoms with Crippen LogP contribution in [0.4, 0.5) is 13.2 Å². The minimum absolute atomic E-state index is 0.0930. The van der Waals surface area contributed by atoms with Crippen LogP contribution in [-0.4, -0.2) is 67.0 Å². The first kappa shape index (κ1) is 14.7. The summed E-state index contributed by atoms with van der Waals surface area (Å²) in [6.07, 6.45) is -4.10. The van der Waals surface area contributed by atoms with Gasteiger partial charge in [-0.15, -0.1) is 0 Å². The van der Waals surface area contributed by atoms with E-state index in [-0.39, 0.29) is 12.0 Å². The number of hydrogen-bond donors (Lipinski definition) is 1. The number of aliphatic hydroxyl groups is 1. The van der Waals surface area contributed by atoms with E-state index in [2.05, 4.69) is 4.90 Å². The van der Waals surface area contributed by atoms with Crippen molar-refractivity contribution in [1.82, 2.24) is 9.80 Å². The molecule has 0 atom stereocenters. The van der Waals surface area contributed by atoms with E-state index in [0.717, 1.165) is 6.54 Å². The summed E-state index contributed by atoms with van der Waals surface area (Å²) >= 11 is 0. The molecule has 0 spiro atoms. The molecule has 0 saturated carbocycles. The fourth-order valence-corrected chi connectivity index (χ4v) is 2.01. The van der Waals surface area contributed by atoms with Gasteiger partial charge in [-0.3, -0.25) is 4.90 Å². The lowest BCUT2D eigenvalue weighted by molar-refractivity contribution is -0.149. The molecule has 1 rings (SSSR count). The largest absolute Gasteiger partial charge is 0.401 e. The molecule has 0 bridgehead atoms. The van der Waals surface area contributed by atoms with Gasteiger partial charge in [-0.1, -0.05) is 13.8 Å². The van der Waals surface area contributed by atoms with Crippen LogP contribution in [0.2, 0.25) is 0 Å². The summed E-state index contributed by atoms with van der Waals surface area (Å²) in [5.74, 6) is 0. The van der Waals surface area contributed by atoms with Crippen LogP contribution >= 0.6 is 0 Å². The Morgan fingerprint density at radius 1 is 0.941 bits per heavy atom. The maximum absolute atomic E-state index is 12.2. The highest BCUT2D eigenvalue weighted by Gasteiger charge is 2.32. The van der Waals surface area contributed by atoms with Crippen LogP contribution in [0.15, 0.2) is 0 Å². The molecule has 0 radical (unpaired) electrons. The Morgan fingerprint density at radius 3 is 1.71 bits per heavy atom. The fraction of sp³-hybridized carbons (Fsp3) is 1.00. The number of hydrogen-bond acceptors (Lipinski definition) is 3. The molecule has 6 heteroatoms. The van der Waals surface area contributed by atoms with Gasteiger partial charge in [0.25, 0.3) is 0 Å². The molecular formula is C11H21F3N2O. The monoisotopic (exact) mass is 254 g/mol. The van der Waals surface area contributed by atoms with Crippen molar-refractivity contribution in [3.8, 4) is 0 Å². The van der Waals surface area contributed by atoms with E-state index < -0.39 is 12.7 Å². The van der Waals surface area contributed by atoms with Gasteiger partial charge in [-0.25, -0.2) is 0 Å². The smallest absolute Gasteiger partial charge is 0.396 e. The van der Waals surface area contributed by atoms with Crippen LogP contribution < -0.4 is 0 Å². The maximum Gasteiger partial charge on any atom is 0.401 e. The first-order chi connectivity index (χ1) is 7.72. The van der Waals surface area contributed by atoms with Crippen molar-refractivity contribution in [2.75, 3.05) is 45.9 Å². The molecule has 3 nitrogen and oxygen atoms in total. The number of piperazine rings is 1. The van der Waals surface area contributed by atoms with Crippen LogP contribution in [0.5, 0.6) is 0 Å². The zero-order valence-electron chi connectivity index (χ0n) is 10.4. The topological polar surface area (TPSA) is 26.7 Å². The summed E-state index contributed by atoms with van der Waals surface area (Å²) in [5.41, 5.74) is -0.188. The van der Waals surface area contributed by atoms with Crippen LogP contribution in [0.3, 0.4) is 0 Å². The second-order valence-electron chi connectivity index (χ2n) is 5.49. The third-order valence-electron chi connectivity index (χ3n) is 2.95. The van der Waals surface area contributed by atoms with E-state index in [1.54, 1.807) is 0 Å². The summed E-state index contributed by atoms with van der Waals surface area (Å²) in [5, 5.41) is 9.14. The van der Waals surface area contributed by atoms with Gasteiger partial charge in [-0.2, -0.15) is 13.2 Å². The molecule has 1 aliphatic heterocycles. The molecule has 1 aliphatic rings. The minimum atomic E-state index is -4.10. The van der Waals surface area contributed by atoms with Crippen LogP contribution in [0.1, 0.15) is 13.8 Å². The minimum Gasteiger partial charge on any atom is -0.396 e. The Kier molecular flexibility index (Phi) is 4.80. The molecule has 1 saturated heterocycles. The summed E-state index contributed by atoms with van der Waals surface area (Å²) < 4.78 is 36.5. The zero-order chi connectivity index (χ0) is 13.1. The van der Waals surface area contributed by atoms with E-state index in [0.29, 0.717) is 26.2 Å². The van der Waals surface area contributed by atoms with Crippen LogP contribution in [0.25, 0.3) is 0 Å². The van der Waals surface area contributed by atoms with Crippen molar-refractivity contribution in [3.05, 3.63) is 0 Å². The standard InChI is InChI=1S/C11H21F3N2O/c1-10(2,9-17)7-15-3-5-16(6-4-15)8-11(12,13)14/h17H,3-9H2,1-2H3. The van der Waals surface area contributed by atoms with Gasteiger partial charge < -0.3 is 10.0 Å². The highest BCUT2D eigenvalue weighted by molar-refractivity contribution is 4.79. The summed E-state index contributed by atoms with van der Waals surface area (Å²) in [6, 6.07) is 0. The second kappa shape index (κ2) is 5.54. The van der Waals surface area contributed by atoms with E-state index in [1.165, 1.54) is 4.90 Å². The first-order valence-corrected chi connectivity index (χ1v) is 5.84. The van der Waals surface area contributed by atoms with E-state index in [1.807, 2.05) is 13.8 Å². The van der Waals surface area contributed by atoms with Gasteiger partial charge in [0.15, 0.2) is 0 Å². The molecular weight excluding hydrogens is 233 g/mol. The SMILES string of the molecule is CC(C)(CO)CN1CCN(CC(F)(F)F)CC1. The summed E-state index contributed by atoms with van der Waals surface area (Å²) in [6.45, 7) is 6.08. The van der Waals surface area contributed by atoms with Crippen molar-refractivity contribution in [2.45, 2.75) is 20.0 Å². The fourth-order valence-electron chi connectivity index (χ4n) is 2.01. The van der Waals surface area contributed by atoms with Gasteiger partial charge in [-0.05, 0) is 0 Å². The Bertz CT molecular complexity index is 235. The van der Waals surface area contributed by atoms with Crippen molar-refractivity contribution in [2.24, 2.45) is 5.41 Å². The molecule has 1 fully saturated rings. The quantitative estimate of drug-likeness (QED) is 0.816. The Hall–Kier alpha value is -0.330. The Morgan fingerprint density at radius 2 is 1.35 bits per heavy atom. The summed E-state index contributed by atoms with van der Waals surface area (Å²) in [7, 11) is 0. The van der Waals surface area contributed by atoms with E-state index >= 15 is 0 Å². The van der Waals surface area contributed by atoms with Gasteiger partial charge in [0.1, 0.15) is 0 Å². The van der Waals surface area contributed by atoms with Crippen molar-refractivity contribution in [3.63, 3.8) is 0 Å². The molecule has 17 heavy (non-hydrogen) atoms. The highest BCUT2D eigenvalue weighted by atomic mass is 19.4. The van der Waals surface area contributed by atoms with Crippen molar-refractivity contribution < 1.29 is 18.3 Å². The Balaban J connectivity index is 2.31. The maximum atomic E-state index is 12.2. The number of aliphatic hydroxyl groups excluding tert-OH is 1. The predicted molar refractivity (Wildman–Crippen MR) is 59.8 cm³/mol. The van der Waals surface area contributed by atoms with Gasteiger partial charge in [0.05, 0.1) is 6.54 Å². The second-order valence-corrected chi connectivity index (χ2v) is 5.49. The molecule has 0 unspecified atom stereocenters. The average Bonchev–Trinajstić information content (AvgIpc) is 2.19. The Labute approximate surface area is 100 Å². The number of rotatable bonds is 4. The van der Waals surface area contributed by atoms with Gasteiger partial charge in [0, 0.05) is 44.7 Å². The lowest BCUT2D eigenvalue weighted by Gasteiger charge is -2.38. The molecule has 0 aromatic rings. The molecule has 0 aromatic carbocycles. The predicted octanol–water partition coefficient (Wildman–Crippen LogP) is 1.18. The number of alkyl halides is 3. The van der Waals surface area contributed by atoms with E-state index in [9.17, 15) is 13.2 Å². The molecule has 0 amide bonds. The third kappa shape index (κ3) is 5.70. The zero-order valence-corrected chi connectivity index (χ0v) is 10.4. The van der Waals surface area contributed by atoms with Crippen molar-refractivity contribution in [1.29, 1.82) is 0 Å². The molecule has 1 heterocycles. The highest BCUT2D eigenvalue weighted by Crippen LogP contribution is 2.20. The number of nitrogens with zero attached hydrogens (tertiary/aromatic N) is 2. The summed E-state index contributed by atoms with van der Waals surface area (Å²) in [4.78, 5) is 3.55. The van der Waals surface area contributed by atoms with E-state index in [4.69, 9.17) is 5.11 Å². The number of halogens is 3. The first-order valence-electron chi connectivity index (χ1n) is 5.84. The molecule has 1 N–H and O–H groups in total. The normalized spacial score (nSPS) is 20.8. The molecule has 102 valence electrons. The van der Waals surface area contributed by atoms with Crippen LogP contribution in [0, 0.1) is 5.41 Å².